The lowest BCUT2D eigenvalue weighted by Gasteiger charge is -2.23. The summed E-state index contributed by atoms with van der Waals surface area (Å²) in [4.78, 5) is 12.8. The molecule has 0 fully saturated rings. The van der Waals surface area contributed by atoms with E-state index in [9.17, 15) is 13.2 Å². The minimum atomic E-state index is -4.02. The van der Waals surface area contributed by atoms with Crippen LogP contribution in [0.1, 0.15) is 11.1 Å². The summed E-state index contributed by atoms with van der Waals surface area (Å²) in [5.74, 6) is -0.475. The van der Waals surface area contributed by atoms with Gasteiger partial charge in [-0.2, -0.15) is 4.31 Å². The molecule has 0 aliphatic rings. The van der Waals surface area contributed by atoms with E-state index in [2.05, 4.69) is 5.32 Å². The van der Waals surface area contributed by atoms with Crippen LogP contribution in [0.25, 0.3) is 0 Å². The molecule has 31 heavy (non-hydrogen) atoms. The van der Waals surface area contributed by atoms with Gasteiger partial charge >= 0.3 is 0 Å². The Morgan fingerprint density at radius 2 is 1.58 bits per heavy atom. The lowest BCUT2D eigenvalue weighted by atomic mass is 10.2. The zero-order valence-corrected chi connectivity index (χ0v) is 19.6. The van der Waals surface area contributed by atoms with Gasteiger partial charge in [0.25, 0.3) is 0 Å². The number of amides is 1. The SMILES string of the molecule is Cc1ccccc1NC(=O)CN(Cc1ccc(Cl)cc1Cl)S(=O)(=O)c1ccc(Cl)cc1. The summed E-state index contributed by atoms with van der Waals surface area (Å²) in [6.45, 7) is 1.34. The van der Waals surface area contributed by atoms with Crippen molar-refractivity contribution in [3.63, 3.8) is 0 Å². The number of nitrogens with one attached hydrogen (secondary N) is 1. The van der Waals surface area contributed by atoms with Gasteiger partial charge in [0.05, 0.1) is 11.4 Å². The van der Waals surface area contributed by atoms with Crippen LogP contribution < -0.4 is 5.32 Å². The van der Waals surface area contributed by atoms with Crippen LogP contribution in [-0.4, -0.2) is 25.2 Å². The highest BCUT2D eigenvalue weighted by Gasteiger charge is 2.28. The van der Waals surface area contributed by atoms with Crippen LogP contribution in [-0.2, 0) is 21.4 Å². The Balaban J connectivity index is 1.92. The molecule has 0 heterocycles. The molecule has 0 radical (unpaired) electrons. The van der Waals surface area contributed by atoms with E-state index >= 15 is 0 Å². The molecule has 0 bridgehead atoms. The van der Waals surface area contributed by atoms with E-state index in [1.54, 1.807) is 24.3 Å². The fraction of sp³-hybridized carbons (Fsp3) is 0.136. The Labute approximate surface area is 196 Å². The topological polar surface area (TPSA) is 66.5 Å². The summed E-state index contributed by atoms with van der Waals surface area (Å²) in [6.07, 6.45) is 0. The van der Waals surface area contributed by atoms with Gasteiger partial charge in [-0.05, 0) is 60.5 Å². The van der Waals surface area contributed by atoms with E-state index in [-0.39, 0.29) is 11.4 Å². The molecule has 5 nitrogen and oxygen atoms in total. The van der Waals surface area contributed by atoms with Crippen molar-refractivity contribution < 1.29 is 13.2 Å². The highest BCUT2D eigenvalue weighted by Crippen LogP contribution is 2.26. The number of aryl methyl sites for hydroxylation is 1. The van der Waals surface area contributed by atoms with Gasteiger partial charge in [0.2, 0.25) is 15.9 Å². The third kappa shape index (κ3) is 5.99. The van der Waals surface area contributed by atoms with Crippen LogP contribution in [0.2, 0.25) is 15.1 Å². The molecule has 0 aliphatic heterocycles. The van der Waals surface area contributed by atoms with Gasteiger partial charge in [-0.25, -0.2) is 8.42 Å². The zero-order chi connectivity index (χ0) is 22.6. The standard InChI is InChI=1S/C22H19Cl3N2O3S/c1-15-4-2-3-5-21(15)26-22(28)14-27(13-16-6-7-18(24)12-20(16)25)31(29,30)19-10-8-17(23)9-11-19/h2-12H,13-14H2,1H3,(H,26,28). The number of carbonyl (C=O) groups is 1. The molecule has 0 spiro atoms. The van der Waals surface area contributed by atoms with E-state index in [4.69, 9.17) is 34.8 Å². The van der Waals surface area contributed by atoms with Crippen molar-refractivity contribution >= 4 is 56.4 Å². The number of para-hydroxylation sites is 1. The van der Waals surface area contributed by atoms with E-state index in [0.717, 1.165) is 9.87 Å². The summed E-state index contributed by atoms with van der Waals surface area (Å²) < 4.78 is 27.7. The summed E-state index contributed by atoms with van der Waals surface area (Å²) >= 11 is 18.1. The smallest absolute Gasteiger partial charge is 0.243 e. The second-order valence-electron chi connectivity index (χ2n) is 6.83. The van der Waals surface area contributed by atoms with Crippen molar-refractivity contribution in [3.05, 3.63) is 92.9 Å². The Morgan fingerprint density at radius 1 is 0.935 bits per heavy atom. The van der Waals surface area contributed by atoms with Gasteiger partial charge in [0.15, 0.2) is 0 Å². The van der Waals surface area contributed by atoms with Crippen LogP contribution in [0.3, 0.4) is 0 Å². The first kappa shape index (κ1) is 23.6. The van der Waals surface area contributed by atoms with Crippen molar-refractivity contribution in [2.45, 2.75) is 18.4 Å². The first-order valence-corrected chi connectivity index (χ1v) is 11.8. The van der Waals surface area contributed by atoms with Gasteiger partial charge in [0.1, 0.15) is 0 Å². The monoisotopic (exact) mass is 496 g/mol. The normalized spacial score (nSPS) is 11.5. The van der Waals surface area contributed by atoms with Crippen LogP contribution in [0, 0.1) is 6.92 Å². The summed E-state index contributed by atoms with van der Waals surface area (Å²) in [7, 11) is -4.02. The number of carbonyl (C=O) groups excluding carboxylic acids is 1. The van der Waals surface area contributed by atoms with E-state index in [1.165, 1.54) is 30.3 Å². The predicted octanol–water partition coefficient (Wildman–Crippen LogP) is 5.78. The number of sulfonamides is 1. The Morgan fingerprint density at radius 3 is 2.23 bits per heavy atom. The molecular weight excluding hydrogens is 479 g/mol. The molecule has 0 aromatic heterocycles. The quantitative estimate of drug-likeness (QED) is 0.449. The highest BCUT2D eigenvalue weighted by atomic mass is 35.5. The number of hydrogen-bond acceptors (Lipinski definition) is 3. The maximum Gasteiger partial charge on any atom is 0.243 e. The number of hydrogen-bond donors (Lipinski definition) is 1. The summed E-state index contributed by atoms with van der Waals surface area (Å²) in [5, 5.41) is 3.91. The van der Waals surface area contributed by atoms with E-state index in [1.807, 2.05) is 19.1 Å². The Hall–Kier alpha value is -2.09. The van der Waals surface area contributed by atoms with Gasteiger partial charge in [-0.15, -0.1) is 0 Å². The second kappa shape index (κ2) is 10.0. The number of benzene rings is 3. The van der Waals surface area contributed by atoms with E-state index in [0.29, 0.717) is 26.3 Å². The second-order valence-corrected chi connectivity index (χ2v) is 10.0. The summed E-state index contributed by atoms with van der Waals surface area (Å²) in [5.41, 5.74) is 2.00. The molecule has 1 N–H and O–H groups in total. The average molecular weight is 498 g/mol. The Kier molecular flexibility index (Phi) is 7.62. The Bertz CT molecular complexity index is 1200. The lowest BCUT2D eigenvalue weighted by molar-refractivity contribution is -0.116. The molecule has 0 saturated carbocycles. The third-order valence-corrected chi connectivity index (χ3v) is 7.20. The van der Waals surface area contributed by atoms with Gasteiger partial charge in [-0.1, -0.05) is 59.1 Å². The minimum absolute atomic E-state index is 0.0191. The van der Waals surface area contributed by atoms with Gasteiger partial charge in [0, 0.05) is 27.3 Å². The molecule has 0 saturated heterocycles. The lowest BCUT2D eigenvalue weighted by Crippen LogP contribution is -2.37. The third-order valence-electron chi connectivity index (χ3n) is 4.55. The highest BCUT2D eigenvalue weighted by molar-refractivity contribution is 7.89. The fourth-order valence-electron chi connectivity index (χ4n) is 2.88. The van der Waals surface area contributed by atoms with Crippen LogP contribution in [0.5, 0.6) is 0 Å². The predicted molar refractivity (Wildman–Crippen MR) is 125 cm³/mol. The molecule has 3 aromatic carbocycles. The first-order chi connectivity index (χ1) is 14.7. The van der Waals surface area contributed by atoms with Crippen molar-refractivity contribution in [2.24, 2.45) is 0 Å². The zero-order valence-electron chi connectivity index (χ0n) is 16.5. The first-order valence-electron chi connectivity index (χ1n) is 9.22. The van der Waals surface area contributed by atoms with Crippen molar-refractivity contribution in [2.75, 3.05) is 11.9 Å². The number of halogens is 3. The average Bonchev–Trinajstić information content (AvgIpc) is 2.71. The molecule has 3 aromatic rings. The summed E-state index contributed by atoms with van der Waals surface area (Å²) in [6, 6.07) is 17.8. The maximum absolute atomic E-state index is 13.3. The van der Waals surface area contributed by atoms with Gasteiger partial charge < -0.3 is 5.32 Å². The van der Waals surface area contributed by atoms with Crippen LogP contribution in [0.15, 0.2) is 71.6 Å². The minimum Gasteiger partial charge on any atom is -0.325 e. The fourth-order valence-corrected chi connectivity index (χ4v) is 4.85. The van der Waals surface area contributed by atoms with Crippen molar-refractivity contribution in [3.8, 4) is 0 Å². The maximum atomic E-state index is 13.3. The molecule has 0 aliphatic carbocycles. The van der Waals surface area contributed by atoms with Gasteiger partial charge in [-0.3, -0.25) is 4.79 Å². The van der Waals surface area contributed by atoms with Crippen LogP contribution in [0.4, 0.5) is 5.69 Å². The molecule has 9 heteroatoms. The number of nitrogens with zero attached hydrogens (tertiary/aromatic N) is 1. The molecule has 162 valence electrons. The van der Waals surface area contributed by atoms with Crippen molar-refractivity contribution in [1.82, 2.24) is 4.31 Å². The van der Waals surface area contributed by atoms with Crippen molar-refractivity contribution in [1.29, 1.82) is 0 Å². The van der Waals surface area contributed by atoms with Crippen LogP contribution >= 0.6 is 34.8 Å². The van der Waals surface area contributed by atoms with E-state index < -0.39 is 22.5 Å². The molecular formula is C22H19Cl3N2O3S. The molecule has 3 rings (SSSR count). The molecule has 0 unspecified atom stereocenters. The number of rotatable bonds is 7. The number of anilines is 1. The largest absolute Gasteiger partial charge is 0.325 e. The molecule has 1 amide bonds. The molecule has 0 atom stereocenters.